The van der Waals surface area contributed by atoms with Crippen LogP contribution in [0, 0.1) is 0 Å². The molecule has 7 heteroatoms. The summed E-state index contributed by atoms with van der Waals surface area (Å²) in [6.45, 7) is -0.187. The lowest BCUT2D eigenvalue weighted by Crippen LogP contribution is -2.05. The Hall–Kier alpha value is -2.86. The molecule has 0 bridgehead atoms. The molecule has 0 amide bonds. The van der Waals surface area contributed by atoms with Crippen LogP contribution in [0.5, 0.6) is 5.75 Å². The molecule has 23 heavy (non-hydrogen) atoms. The number of rotatable bonds is 4. The third-order valence-electron chi connectivity index (χ3n) is 3.01. The molecule has 1 aromatic heterocycles. The molecule has 0 aliphatic rings. The number of hydrogen-bond acceptors (Lipinski definition) is 6. The van der Waals surface area contributed by atoms with Gasteiger partial charge >= 0.3 is 5.97 Å². The van der Waals surface area contributed by atoms with Crippen molar-refractivity contribution in [3.05, 3.63) is 65.0 Å². The lowest BCUT2D eigenvalue weighted by molar-refractivity contribution is 0.0435. The van der Waals surface area contributed by atoms with Crippen LogP contribution in [0.3, 0.4) is 0 Å². The van der Waals surface area contributed by atoms with Crippen LogP contribution >= 0.6 is 11.6 Å². The summed E-state index contributed by atoms with van der Waals surface area (Å²) >= 11 is 5.82. The van der Waals surface area contributed by atoms with Gasteiger partial charge in [0, 0.05) is 10.6 Å². The summed E-state index contributed by atoms with van der Waals surface area (Å²) < 4.78 is 10.5. The van der Waals surface area contributed by atoms with Crippen molar-refractivity contribution in [1.82, 2.24) is 10.2 Å². The maximum absolute atomic E-state index is 11.9. The third kappa shape index (κ3) is 3.49. The summed E-state index contributed by atoms with van der Waals surface area (Å²) in [5.41, 5.74) is 0.783. The summed E-state index contributed by atoms with van der Waals surface area (Å²) in [5.74, 6) is -0.367. The number of carbonyl (C=O) groups excluding carboxylic acids is 1. The summed E-state index contributed by atoms with van der Waals surface area (Å²) in [6, 6.07) is 13.0. The first-order chi connectivity index (χ1) is 11.1. The van der Waals surface area contributed by atoms with Crippen LogP contribution in [-0.2, 0) is 11.3 Å². The van der Waals surface area contributed by atoms with E-state index >= 15 is 0 Å². The highest BCUT2D eigenvalue weighted by Gasteiger charge is 2.14. The molecular weight excluding hydrogens is 320 g/mol. The van der Waals surface area contributed by atoms with Crippen LogP contribution in [0.25, 0.3) is 11.5 Å². The maximum atomic E-state index is 11.9. The first kappa shape index (κ1) is 15.1. The van der Waals surface area contributed by atoms with Gasteiger partial charge in [-0.05, 0) is 36.4 Å². The van der Waals surface area contributed by atoms with Gasteiger partial charge in [-0.1, -0.05) is 23.7 Å². The third-order valence-corrected chi connectivity index (χ3v) is 3.26. The van der Waals surface area contributed by atoms with E-state index in [2.05, 4.69) is 10.2 Å². The van der Waals surface area contributed by atoms with E-state index in [1.807, 2.05) is 0 Å². The molecule has 0 spiro atoms. The zero-order chi connectivity index (χ0) is 16.2. The van der Waals surface area contributed by atoms with Crippen molar-refractivity contribution in [1.29, 1.82) is 0 Å². The van der Waals surface area contributed by atoms with Gasteiger partial charge in [0.05, 0.1) is 0 Å². The highest BCUT2D eigenvalue weighted by atomic mass is 35.5. The van der Waals surface area contributed by atoms with Gasteiger partial charge in [-0.25, -0.2) is 4.79 Å². The summed E-state index contributed by atoms with van der Waals surface area (Å²) in [4.78, 5) is 11.9. The van der Waals surface area contributed by atoms with E-state index in [-0.39, 0.29) is 23.8 Å². The normalized spacial score (nSPS) is 10.5. The number of phenolic OH excluding ortho intramolecular Hbond substituents is 1. The van der Waals surface area contributed by atoms with Gasteiger partial charge in [-0.2, -0.15) is 0 Å². The average molecular weight is 331 g/mol. The van der Waals surface area contributed by atoms with Gasteiger partial charge in [0.1, 0.15) is 11.3 Å². The Kier molecular flexibility index (Phi) is 4.25. The predicted octanol–water partition coefficient (Wildman–Crippen LogP) is 3.45. The largest absolute Gasteiger partial charge is 0.507 e. The fourth-order valence-electron chi connectivity index (χ4n) is 1.87. The smallest absolute Gasteiger partial charge is 0.342 e. The molecule has 1 N–H and O–H groups in total. The van der Waals surface area contributed by atoms with Crippen molar-refractivity contribution in [3.63, 3.8) is 0 Å². The monoisotopic (exact) mass is 330 g/mol. The predicted molar refractivity (Wildman–Crippen MR) is 82.0 cm³/mol. The number of ether oxygens (including phenoxy) is 1. The molecule has 6 nitrogen and oxygen atoms in total. The number of esters is 1. The molecule has 116 valence electrons. The van der Waals surface area contributed by atoms with Gasteiger partial charge in [-0.3, -0.25) is 0 Å². The van der Waals surface area contributed by atoms with E-state index in [0.29, 0.717) is 16.5 Å². The van der Waals surface area contributed by atoms with Crippen LogP contribution in [0.2, 0.25) is 5.02 Å². The molecule has 0 radical (unpaired) electrons. The quantitative estimate of drug-likeness (QED) is 0.737. The van der Waals surface area contributed by atoms with Crippen molar-refractivity contribution in [2.45, 2.75) is 6.61 Å². The van der Waals surface area contributed by atoms with E-state index < -0.39 is 5.97 Å². The Morgan fingerprint density at radius 2 is 1.87 bits per heavy atom. The number of halogens is 1. The van der Waals surface area contributed by atoms with E-state index in [0.717, 1.165) is 0 Å². The molecule has 1 heterocycles. The van der Waals surface area contributed by atoms with Crippen molar-refractivity contribution in [3.8, 4) is 17.2 Å². The van der Waals surface area contributed by atoms with Gasteiger partial charge in [-0.15, -0.1) is 10.2 Å². The lowest BCUT2D eigenvalue weighted by atomic mass is 10.2. The molecular formula is C16H11ClN2O4. The van der Waals surface area contributed by atoms with Crippen LogP contribution in [0.4, 0.5) is 0 Å². The summed E-state index contributed by atoms with van der Waals surface area (Å²) in [5, 5.41) is 17.9. The van der Waals surface area contributed by atoms with Crippen LogP contribution < -0.4 is 0 Å². The molecule has 0 fully saturated rings. The number of phenols is 1. The van der Waals surface area contributed by atoms with Crippen molar-refractivity contribution >= 4 is 17.6 Å². The zero-order valence-electron chi connectivity index (χ0n) is 11.8. The van der Waals surface area contributed by atoms with Crippen LogP contribution in [0.15, 0.2) is 52.9 Å². The first-order valence-electron chi connectivity index (χ1n) is 6.67. The van der Waals surface area contributed by atoms with Gasteiger partial charge in [0.25, 0.3) is 5.89 Å². The second kappa shape index (κ2) is 6.50. The van der Waals surface area contributed by atoms with E-state index in [4.69, 9.17) is 20.8 Å². The van der Waals surface area contributed by atoms with Gasteiger partial charge in [0.2, 0.25) is 5.89 Å². The SMILES string of the molecule is O=C(OCc1nnc(-c2ccc(Cl)cc2)o1)c1ccccc1O. The Balaban J connectivity index is 1.67. The van der Waals surface area contributed by atoms with Gasteiger partial charge < -0.3 is 14.3 Å². The van der Waals surface area contributed by atoms with Crippen molar-refractivity contribution in [2.75, 3.05) is 0 Å². The highest BCUT2D eigenvalue weighted by molar-refractivity contribution is 6.30. The number of para-hydroxylation sites is 1. The molecule has 0 atom stereocenters. The molecule has 2 aromatic carbocycles. The zero-order valence-corrected chi connectivity index (χ0v) is 12.5. The summed E-state index contributed by atoms with van der Waals surface area (Å²) in [7, 11) is 0. The highest BCUT2D eigenvalue weighted by Crippen LogP contribution is 2.21. The fraction of sp³-hybridized carbons (Fsp3) is 0.0625. The molecule has 3 rings (SSSR count). The average Bonchev–Trinajstić information content (AvgIpc) is 3.03. The molecule has 0 saturated carbocycles. The minimum Gasteiger partial charge on any atom is -0.507 e. The lowest BCUT2D eigenvalue weighted by Gasteiger charge is -2.03. The number of carbonyl (C=O) groups is 1. The van der Waals surface area contributed by atoms with E-state index in [1.165, 1.54) is 12.1 Å². The second-order valence-electron chi connectivity index (χ2n) is 4.60. The number of aromatic nitrogens is 2. The second-order valence-corrected chi connectivity index (χ2v) is 5.04. The minimum atomic E-state index is -0.672. The Bertz CT molecular complexity index is 830. The van der Waals surface area contributed by atoms with E-state index in [9.17, 15) is 9.90 Å². The molecule has 0 saturated heterocycles. The van der Waals surface area contributed by atoms with Gasteiger partial charge in [0.15, 0.2) is 6.61 Å². The Morgan fingerprint density at radius 1 is 1.13 bits per heavy atom. The van der Waals surface area contributed by atoms with Crippen LogP contribution in [0.1, 0.15) is 16.2 Å². The minimum absolute atomic E-state index is 0.0740. The molecule has 0 unspecified atom stereocenters. The topological polar surface area (TPSA) is 85.5 Å². The molecule has 3 aromatic rings. The maximum Gasteiger partial charge on any atom is 0.342 e. The Labute approximate surface area is 136 Å². The standard InChI is InChI=1S/C16H11ClN2O4/c17-11-7-5-10(6-8-11)15-19-18-14(23-15)9-22-16(21)12-3-1-2-4-13(12)20/h1-8,20H,9H2. The summed E-state index contributed by atoms with van der Waals surface area (Å²) in [6.07, 6.45) is 0. The van der Waals surface area contributed by atoms with Crippen molar-refractivity contribution in [2.24, 2.45) is 0 Å². The Morgan fingerprint density at radius 3 is 2.61 bits per heavy atom. The number of aromatic hydroxyl groups is 1. The van der Waals surface area contributed by atoms with Crippen LogP contribution in [-0.4, -0.2) is 21.3 Å². The number of nitrogens with zero attached hydrogens (tertiary/aromatic N) is 2. The number of hydrogen-bond donors (Lipinski definition) is 1. The van der Waals surface area contributed by atoms with Crippen molar-refractivity contribution < 1.29 is 19.1 Å². The molecule has 0 aliphatic heterocycles. The van der Waals surface area contributed by atoms with E-state index in [1.54, 1.807) is 36.4 Å². The molecule has 0 aliphatic carbocycles. The fourth-order valence-corrected chi connectivity index (χ4v) is 2.00. The number of benzene rings is 2. The first-order valence-corrected chi connectivity index (χ1v) is 7.05.